The number of piperidine rings is 1. The maximum absolute atomic E-state index is 11.9. The maximum Gasteiger partial charge on any atom is 0.317 e. The minimum atomic E-state index is -0.833. The summed E-state index contributed by atoms with van der Waals surface area (Å²) in [6.07, 6.45) is 3.22. The lowest BCUT2D eigenvalue weighted by atomic mass is 9.87. The first-order valence-electron chi connectivity index (χ1n) is 7.52. The molecule has 2 fully saturated rings. The Morgan fingerprint density at radius 1 is 1.14 bits per heavy atom. The van der Waals surface area contributed by atoms with Crippen LogP contribution in [0, 0.1) is 11.8 Å². The van der Waals surface area contributed by atoms with Crippen LogP contribution in [0.4, 0.5) is 4.79 Å². The van der Waals surface area contributed by atoms with E-state index in [1.54, 1.807) is 16.7 Å². The molecule has 2 rings (SSSR count). The van der Waals surface area contributed by atoms with Gasteiger partial charge in [0.05, 0.1) is 12.5 Å². The van der Waals surface area contributed by atoms with E-state index < -0.39 is 11.9 Å². The molecule has 0 aromatic rings. The minimum absolute atomic E-state index is 0.00560. The van der Waals surface area contributed by atoms with Gasteiger partial charge in [-0.2, -0.15) is 0 Å². The van der Waals surface area contributed by atoms with Gasteiger partial charge in [-0.05, 0) is 19.3 Å². The molecule has 21 heavy (non-hydrogen) atoms. The van der Waals surface area contributed by atoms with Gasteiger partial charge in [0.15, 0.2) is 0 Å². The van der Waals surface area contributed by atoms with Gasteiger partial charge in [-0.3, -0.25) is 9.59 Å². The molecule has 2 N–H and O–H groups in total. The number of carboxylic acids is 1. The van der Waals surface area contributed by atoms with Gasteiger partial charge in [0, 0.05) is 32.1 Å². The second kappa shape index (κ2) is 6.78. The van der Waals surface area contributed by atoms with Gasteiger partial charge in [-0.1, -0.05) is 6.92 Å². The van der Waals surface area contributed by atoms with Crippen LogP contribution in [-0.2, 0) is 9.59 Å². The van der Waals surface area contributed by atoms with Gasteiger partial charge in [-0.25, -0.2) is 4.79 Å². The topological polar surface area (TPSA) is 90.0 Å². The van der Waals surface area contributed by atoms with Crippen LogP contribution in [0.2, 0.25) is 0 Å². The van der Waals surface area contributed by atoms with Crippen LogP contribution in [0.1, 0.15) is 26.2 Å². The number of nitrogens with one attached hydrogen (secondary N) is 1. The van der Waals surface area contributed by atoms with E-state index in [9.17, 15) is 14.4 Å². The molecule has 1 unspecified atom stereocenters. The number of hydrogen-bond acceptors (Lipinski definition) is 3. The average Bonchev–Trinajstić information content (AvgIpc) is 2.43. The highest BCUT2D eigenvalue weighted by Crippen LogP contribution is 2.23. The van der Waals surface area contributed by atoms with Crippen molar-refractivity contribution in [1.29, 1.82) is 0 Å². The average molecular weight is 297 g/mol. The summed E-state index contributed by atoms with van der Waals surface area (Å²) in [6.45, 7) is 4.11. The molecule has 0 aromatic carbocycles. The van der Waals surface area contributed by atoms with Crippen LogP contribution in [0.15, 0.2) is 0 Å². The van der Waals surface area contributed by atoms with Crippen LogP contribution in [0.3, 0.4) is 0 Å². The zero-order chi connectivity index (χ0) is 15.4. The summed E-state index contributed by atoms with van der Waals surface area (Å²) in [5, 5.41) is 11.5. The van der Waals surface area contributed by atoms with Gasteiger partial charge < -0.3 is 20.2 Å². The van der Waals surface area contributed by atoms with Crippen molar-refractivity contribution in [2.45, 2.75) is 26.2 Å². The Bertz CT molecular complexity index is 414. The Morgan fingerprint density at radius 3 is 2.33 bits per heavy atom. The van der Waals surface area contributed by atoms with Crippen molar-refractivity contribution in [2.24, 2.45) is 11.8 Å². The molecule has 2 saturated heterocycles. The van der Waals surface area contributed by atoms with Crippen molar-refractivity contribution < 1.29 is 19.5 Å². The highest BCUT2D eigenvalue weighted by Gasteiger charge is 2.37. The van der Waals surface area contributed by atoms with Crippen LogP contribution >= 0.6 is 0 Å². The molecule has 7 nitrogen and oxygen atoms in total. The number of urea groups is 1. The highest BCUT2D eigenvalue weighted by atomic mass is 16.4. The zero-order valence-corrected chi connectivity index (χ0v) is 12.4. The second-order valence-corrected chi connectivity index (χ2v) is 5.89. The fourth-order valence-electron chi connectivity index (χ4n) is 2.71. The Labute approximate surface area is 124 Å². The van der Waals surface area contributed by atoms with Crippen molar-refractivity contribution in [3.05, 3.63) is 0 Å². The Hall–Kier alpha value is -1.79. The van der Waals surface area contributed by atoms with E-state index in [0.29, 0.717) is 13.1 Å². The molecular weight excluding hydrogens is 274 g/mol. The minimum Gasteiger partial charge on any atom is -0.481 e. The largest absolute Gasteiger partial charge is 0.481 e. The quantitative estimate of drug-likeness (QED) is 0.784. The second-order valence-electron chi connectivity index (χ2n) is 5.89. The van der Waals surface area contributed by atoms with E-state index in [-0.39, 0.29) is 24.4 Å². The first-order chi connectivity index (χ1) is 9.99. The molecule has 0 bridgehead atoms. The van der Waals surface area contributed by atoms with Crippen molar-refractivity contribution in [1.82, 2.24) is 15.1 Å². The summed E-state index contributed by atoms with van der Waals surface area (Å²) < 4.78 is 0. The van der Waals surface area contributed by atoms with Crippen molar-refractivity contribution >= 4 is 17.9 Å². The molecule has 2 heterocycles. The summed E-state index contributed by atoms with van der Waals surface area (Å²) in [6, 6.07) is -0.283. The summed E-state index contributed by atoms with van der Waals surface area (Å²) in [5.74, 6) is -1.31. The van der Waals surface area contributed by atoms with Crippen molar-refractivity contribution in [3.63, 3.8) is 0 Å². The van der Waals surface area contributed by atoms with E-state index in [0.717, 1.165) is 32.4 Å². The van der Waals surface area contributed by atoms with Gasteiger partial charge in [-0.15, -0.1) is 0 Å². The number of carbonyl (C=O) groups is 3. The van der Waals surface area contributed by atoms with Crippen molar-refractivity contribution in [2.75, 3.05) is 32.7 Å². The summed E-state index contributed by atoms with van der Waals surface area (Å²) >= 11 is 0. The normalized spacial score (nSPS) is 20.6. The van der Waals surface area contributed by atoms with Crippen LogP contribution in [0.5, 0.6) is 0 Å². The van der Waals surface area contributed by atoms with Crippen LogP contribution in [-0.4, -0.2) is 65.5 Å². The van der Waals surface area contributed by atoms with Gasteiger partial charge in [0.2, 0.25) is 5.91 Å². The van der Waals surface area contributed by atoms with E-state index >= 15 is 0 Å². The van der Waals surface area contributed by atoms with Crippen LogP contribution in [0.25, 0.3) is 0 Å². The molecule has 0 spiro atoms. The number of amides is 3. The lowest BCUT2D eigenvalue weighted by Crippen LogP contribution is -2.57. The first-order valence-corrected chi connectivity index (χ1v) is 7.52. The number of carboxylic acid groups (broad SMARTS) is 1. The third-order valence-electron chi connectivity index (χ3n) is 4.39. The number of aliphatic carboxylic acids is 1. The molecule has 3 amide bonds. The SMILES string of the molecule is CC(C(=O)O)C1CN(C(=O)NCC(=O)N2CCCCC2)C1. The number of hydrogen-bond donors (Lipinski definition) is 2. The monoisotopic (exact) mass is 297 g/mol. The first kappa shape index (κ1) is 15.6. The lowest BCUT2D eigenvalue weighted by molar-refractivity contribution is -0.144. The molecule has 1 atom stereocenters. The summed E-state index contributed by atoms with van der Waals surface area (Å²) in [4.78, 5) is 37.9. The highest BCUT2D eigenvalue weighted by molar-refractivity contribution is 5.84. The van der Waals surface area contributed by atoms with Crippen molar-refractivity contribution in [3.8, 4) is 0 Å². The smallest absolute Gasteiger partial charge is 0.317 e. The fourth-order valence-corrected chi connectivity index (χ4v) is 2.71. The number of likely N-dealkylation sites (tertiary alicyclic amines) is 2. The Kier molecular flexibility index (Phi) is 5.03. The van der Waals surface area contributed by atoms with E-state index in [2.05, 4.69) is 5.32 Å². The molecule has 0 aromatic heterocycles. The summed E-state index contributed by atoms with van der Waals surface area (Å²) in [5.41, 5.74) is 0. The van der Waals surface area contributed by atoms with Gasteiger partial charge in [0.1, 0.15) is 0 Å². The molecular formula is C14H23N3O4. The summed E-state index contributed by atoms with van der Waals surface area (Å²) in [7, 11) is 0. The molecule has 2 aliphatic heterocycles. The third kappa shape index (κ3) is 3.86. The molecule has 2 aliphatic rings. The Balaban J connectivity index is 1.67. The predicted molar refractivity (Wildman–Crippen MR) is 75.7 cm³/mol. The fraction of sp³-hybridized carbons (Fsp3) is 0.786. The van der Waals surface area contributed by atoms with Gasteiger partial charge in [0.25, 0.3) is 0 Å². The maximum atomic E-state index is 11.9. The third-order valence-corrected chi connectivity index (χ3v) is 4.39. The number of nitrogens with zero attached hydrogens (tertiary/aromatic N) is 2. The lowest BCUT2D eigenvalue weighted by Gasteiger charge is -2.41. The predicted octanol–water partition coefficient (Wildman–Crippen LogP) is 0.361. The molecule has 7 heteroatoms. The molecule has 0 radical (unpaired) electrons. The molecule has 0 aliphatic carbocycles. The van der Waals surface area contributed by atoms with Gasteiger partial charge >= 0.3 is 12.0 Å². The Morgan fingerprint density at radius 2 is 1.76 bits per heavy atom. The van der Waals surface area contributed by atoms with E-state index in [1.165, 1.54) is 0 Å². The van der Waals surface area contributed by atoms with Crippen LogP contribution < -0.4 is 5.32 Å². The zero-order valence-electron chi connectivity index (χ0n) is 12.4. The standard InChI is InChI=1S/C14H23N3O4/c1-10(13(19)20)11-8-17(9-11)14(21)15-7-12(18)16-5-3-2-4-6-16/h10-11H,2-9H2,1H3,(H,15,21)(H,19,20). The molecule has 0 saturated carbocycles. The van der Waals surface area contributed by atoms with E-state index in [4.69, 9.17) is 5.11 Å². The van der Waals surface area contributed by atoms with E-state index in [1.807, 2.05) is 0 Å². The number of rotatable bonds is 4. The number of carbonyl (C=O) groups excluding carboxylic acids is 2. The molecule has 118 valence electrons.